The van der Waals surface area contributed by atoms with Gasteiger partial charge in [-0.25, -0.2) is 0 Å². The molecule has 90 valence electrons. The molecule has 1 unspecified atom stereocenters. The lowest BCUT2D eigenvalue weighted by molar-refractivity contribution is -0.130. The van der Waals surface area contributed by atoms with Gasteiger partial charge in [0.1, 0.15) is 0 Å². The molecule has 0 spiro atoms. The van der Waals surface area contributed by atoms with Crippen molar-refractivity contribution in [1.29, 1.82) is 0 Å². The molecular formula is C13H16N2O2. The van der Waals surface area contributed by atoms with Gasteiger partial charge in [-0.2, -0.15) is 0 Å². The van der Waals surface area contributed by atoms with E-state index >= 15 is 0 Å². The summed E-state index contributed by atoms with van der Waals surface area (Å²) in [6.45, 7) is 2.38. The predicted molar refractivity (Wildman–Crippen MR) is 64.4 cm³/mol. The minimum Gasteiger partial charge on any atom is -0.327 e. The van der Waals surface area contributed by atoms with Crippen LogP contribution in [0.1, 0.15) is 28.8 Å². The fourth-order valence-electron chi connectivity index (χ4n) is 1.92. The Labute approximate surface area is 100 Å². The van der Waals surface area contributed by atoms with Crippen molar-refractivity contribution in [2.24, 2.45) is 5.73 Å². The summed E-state index contributed by atoms with van der Waals surface area (Å²) in [7, 11) is 0. The zero-order valence-electron chi connectivity index (χ0n) is 9.85. The normalized spacial score (nSPS) is 20.5. The van der Waals surface area contributed by atoms with Crippen molar-refractivity contribution in [3.63, 3.8) is 0 Å². The minimum absolute atomic E-state index is 0.107. The number of nitrogens with zero attached hydrogens (tertiary/aromatic N) is 1. The molecule has 1 aliphatic heterocycles. The number of piperidine rings is 1. The first-order valence-corrected chi connectivity index (χ1v) is 5.75. The summed E-state index contributed by atoms with van der Waals surface area (Å²) in [5.74, 6) is -0.392. The molecule has 2 N–H and O–H groups in total. The topological polar surface area (TPSA) is 63.4 Å². The highest BCUT2D eigenvalue weighted by molar-refractivity contribution is 6.05. The van der Waals surface area contributed by atoms with Crippen molar-refractivity contribution in [3.05, 3.63) is 35.4 Å². The summed E-state index contributed by atoms with van der Waals surface area (Å²) < 4.78 is 0. The average molecular weight is 232 g/mol. The van der Waals surface area contributed by atoms with Crippen molar-refractivity contribution in [2.45, 2.75) is 25.8 Å². The van der Waals surface area contributed by atoms with E-state index in [-0.39, 0.29) is 24.3 Å². The highest BCUT2D eigenvalue weighted by atomic mass is 16.2. The number of rotatable bonds is 1. The third-order valence-electron chi connectivity index (χ3n) is 3.01. The number of carbonyl (C=O) groups excluding carboxylic acids is 2. The smallest absolute Gasteiger partial charge is 0.260 e. The molecule has 1 aliphatic rings. The Hall–Kier alpha value is -1.68. The molecule has 2 rings (SSSR count). The number of amides is 2. The molecule has 4 heteroatoms. The van der Waals surface area contributed by atoms with Crippen LogP contribution in [0.5, 0.6) is 0 Å². The van der Waals surface area contributed by atoms with E-state index in [1.54, 1.807) is 12.1 Å². The molecule has 1 aromatic rings. The summed E-state index contributed by atoms with van der Waals surface area (Å²) in [6.07, 6.45) is 0.945. The van der Waals surface area contributed by atoms with Crippen molar-refractivity contribution < 1.29 is 9.59 Å². The molecule has 17 heavy (non-hydrogen) atoms. The first-order chi connectivity index (χ1) is 8.08. The second-order valence-corrected chi connectivity index (χ2v) is 4.47. The molecule has 1 aromatic carbocycles. The molecule has 1 saturated heterocycles. The van der Waals surface area contributed by atoms with E-state index in [1.165, 1.54) is 4.90 Å². The number of hydrogen-bond donors (Lipinski definition) is 1. The fourth-order valence-corrected chi connectivity index (χ4v) is 1.92. The monoisotopic (exact) mass is 232 g/mol. The van der Waals surface area contributed by atoms with E-state index in [4.69, 9.17) is 5.73 Å². The number of nitrogens with two attached hydrogens (primary N) is 1. The van der Waals surface area contributed by atoms with Gasteiger partial charge in [-0.1, -0.05) is 17.7 Å². The van der Waals surface area contributed by atoms with Crippen LogP contribution in [0.25, 0.3) is 0 Å². The summed E-state index contributed by atoms with van der Waals surface area (Å²) in [5.41, 5.74) is 7.33. The van der Waals surface area contributed by atoms with E-state index in [9.17, 15) is 9.59 Å². The SMILES string of the molecule is Cc1ccc(C(=O)N2CCC(N)CC2=O)cc1. The molecule has 2 amide bonds. The van der Waals surface area contributed by atoms with Gasteiger partial charge in [0.25, 0.3) is 5.91 Å². The largest absolute Gasteiger partial charge is 0.327 e. The fraction of sp³-hybridized carbons (Fsp3) is 0.385. The second kappa shape index (κ2) is 4.67. The maximum atomic E-state index is 12.1. The number of hydrogen-bond acceptors (Lipinski definition) is 3. The van der Waals surface area contributed by atoms with Crippen LogP contribution in [0, 0.1) is 6.92 Å². The molecule has 0 aromatic heterocycles. The van der Waals surface area contributed by atoms with Crippen LogP contribution in [0.15, 0.2) is 24.3 Å². The zero-order valence-corrected chi connectivity index (χ0v) is 9.85. The zero-order chi connectivity index (χ0) is 12.4. The molecule has 0 bridgehead atoms. The van der Waals surface area contributed by atoms with E-state index in [1.807, 2.05) is 19.1 Å². The Morgan fingerprint density at radius 2 is 2.00 bits per heavy atom. The third-order valence-corrected chi connectivity index (χ3v) is 3.01. The first-order valence-electron chi connectivity index (χ1n) is 5.75. The minimum atomic E-state index is -0.220. The Kier molecular flexibility index (Phi) is 3.24. The van der Waals surface area contributed by atoms with Gasteiger partial charge in [0.2, 0.25) is 5.91 Å². The first kappa shape index (κ1) is 11.8. The van der Waals surface area contributed by atoms with Gasteiger partial charge >= 0.3 is 0 Å². The van der Waals surface area contributed by atoms with Crippen LogP contribution in [-0.4, -0.2) is 29.3 Å². The molecule has 0 saturated carbocycles. The van der Waals surface area contributed by atoms with Gasteiger partial charge in [-0.05, 0) is 25.5 Å². The molecule has 0 aliphatic carbocycles. The van der Waals surface area contributed by atoms with Crippen molar-refractivity contribution in [3.8, 4) is 0 Å². The van der Waals surface area contributed by atoms with E-state index < -0.39 is 0 Å². The summed E-state index contributed by atoms with van der Waals surface area (Å²) >= 11 is 0. The Morgan fingerprint density at radius 3 is 2.59 bits per heavy atom. The highest BCUT2D eigenvalue weighted by Gasteiger charge is 2.28. The van der Waals surface area contributed by atoms with Crippen LogP contribution < -0.4 is 5.73 Å². The standard InChI is InChI=1S/C13H16N2O2/c1-9-2-4-10(5-3-9)13(17)15-7-6-11(14)8-12(15)16/h2-5,11H,6-8,14H2,1H3. The van der Waals surface area contributed by atoms with Crippen molar-refractivity contribution >= 4 is 11.8 Å². The molecule has 4 nitrogen and oxygen atoms in total. The quantitative estimate of drug-likeness (QED) is 0.737. The van der Waals surface area contributed by atoms with Gasteiger partial charge in [0.05, 0.1) is 0 Å². The number of likely N-dealkylation sites (tertiary alicyclic amines) is 1. The predicted octanol–water partition coefficient (Wildman–Crippen LogP) is 1.08. The second-order valence-electron chi connectivity index (χ2n) is 4.47. The van der Waals surface area contributed by atoms with Crippen molar-refractivity contribution in [1.82, 2.24) is 4.90 Å². The van der Waals surface area contributed by atoms with Gasteiger partial charge in [-0.3, -0.25) is 14.5 Å². The Bertz CT molecular complexity index is 439. The molecule has 1 fully saturated rings. The molecular weight excluding hydrogens is 216 g/mol. The van der Waals surface area contributed by atoms with Crippen LogP contribution in [-0.2, 0) is 4.79 Å². The van der Waals surface area contributed by atoms with Gasteiger partial charge in [0.15, 0.2) is 0 Å². The van der Waals surface area contributed by atoms with Gasteiger partial charge in [0, 0.05) is 24.6 Å². The maximum absolute atomic E-state index is 12.1. The summed E-state index contributed by atoms with van der Waals surface area (Å²) in [5, 5.41) is 0. The lowest BCUT2D eigenvalue weighted by Gasteiger charge is -2.28. The highest BCUT2D eigenvalue weighted by Crippen LogP contribution is 2.14. The third kappa shape index (κ3) is 2.53. The Morgan fingerprint density at radius 1 is 1.35 bits per heavy atom. The van der Waals surface area contributed by atoms with Crippen LogP contribution in [0.3, 0.4) is 0 Å². The summed E-state index contributed by atoms with van der Waals surface area (Å²) in [6, 6.07) is 7.13. The number of aryl methyl sites for hydroxylation is 1. The average Bonchev–Trinajstić information content (AvgIpc) is 2.29. The Balaban J connectivity index is 2.15. The van der Waals surface area contributed by atoms with E-state index in [2.05, 4.69) is 0 Å². The van der Waals surface area contributed by atoms with Gasteiger partial charge in [-0.15, -0.1) is 0 Å². The van der Waals surface area contributed by atoms with E-state index in [0.717, 1.165) is 5.56 Å². The molecule has 1 heterocycles. The van der Waals surface area contributed by atoms with Crippen LogP contribution >= 0.6 is 0 Å². The van der Waals surface area contributed by atoms with Crippen LogP contribution in [0.4, 0.5) is 0 Å². The lowest BCUT2D eigenvalue weighted by Crippen LogP contribution is -2.46. The maximum Gasteiger partial charge on any atom is 0.260 e. The van der Waals surface area contributed by atoms with Gasteiger partial charge < -0.3 is 5.73 Å². The lowest BCUT2D eigenvalue weighted by atomic mass is 10.0. The van der Waals surface area contributed by atoms with E-state index in [0.29, 0.717) is 18.5 Å². The summed E-state index contributed by atoms with van der Waals surface area (Å²) in [4.78, 5) is 25.1. The molecule has 0 radical (unpaired) electrons. The molecule has 1 atom stereocenters. The number of carbonyl (C=O) groups is 2. The van der Waals surface area contributed by atoms with Crippen molar-refractivity contribution in [2.75, 3.05) is 6.54 Å². The number of imide groups is 1. The van der Waals surface area contributed by atoms with Crippen LogP contribution in [0.2, 0.25) is 0 Å². The number of benzene rings is 1.